The molecule has 0 bridgehead atoms. The average molecular weight is 312 g/mol. The van der Waals surface area contributed by atoms with Crippen molar-refractivity contribution in [2.45, 2.75) is 27.2 Å². The standard InChI is InChI=1S/C19H24N2O2/c1-4-16-7-5-6-8-17(16)21-19(22)20-11-12-23-18-13-14(2)9-10-15(18)3/h5-10,13H,4,11-12H2,1-3H3,(H2,20,21,22). The van der Waals surface area contributed by atoms with Crippen LogP contribution in [0.4, 0.5) is 10.5 Å². The van der Waals surface area contributed by atoms with Crippen LogP contribution in [-0.4, -0.2) is 19.2 Å². The number of ether oxygens (including phenoxy) is 1. The van der Waals surface area contributed by atoms with Gasteiger partial charge in [-0.15, -0.1) is 0 Å². The number of para-hydroxylation sites is 1. The number of hydrogen-bond acceptors (Lipinski definition) is 2. The van der Waals surface area contributed by atoms with Gasteiger partial charge >= 0.3 is 6.03 Å². The van der Waals surface area contributed by atoms with E-state index >= 15 is 0 Å². The molecule has 0 saturated heterocycles. The van der Waals surface area contributed by atoms with E-state index in [0.717, 1.165) is 34.5 Å². The number of amides is 2. The number of carbonyl (C=O) groups excluding carboxylic acids is 1. The normalized spacial score (nSPS) is 10.2. The van der Waals surface area contributed by atoms with Gasteiger partial charge in [0, 0.05) is 5.69 Å². The summed E-state index contributed by atoms with van der Waals surface area (Å²) >= 11 is 0. The molecule has 0 aromatic heterocycles. The van der Waals surface area contributed by atoms with Crippen LogP contribution in [0.1, 0.15) is 23.6 Å². The lowest BCUT2D eigenvalue weighted by Gasteiger charge is -2.12. The van der Waals surface area contributed by atoms with Gasteiger partial charge < -0.3 is 15.4 Å². The fourth-order valence-electron chi connectivity index (χ4n) is 2.31. The fraction of sp³-hybridized carbons (Fsp3) is 0.316. The van der Waals surface area contributed by atoms with Gasteiger partial charge in [0.1, 0.15) is 12.4 Å². The van der Waals surface area contributed by atoms with Crippen molar-refractivity contribution in [3.63, 3.8) is 0 Å². The molecule has 2 aromatic carbocycles. The Morgan fingerprint density at radius 2 is 1.91 bits per heavy atom. The number of hydrogen-bond donors (Lipinski definition) is 2. The Kier molecular flexibility index (Phi) is 6.03. The summed E-state index contributed by atoms with van der Waals surface area (Å²) in [4.78, 5) is 11.9. The van der Waals surface area contributed by atoms with Gasteiger partial charge in [-0.25, -0.2) is 4.79 Å². The Labute approximate surface area is 137 Å². The highest BCUT2D eigenvalue weighted by Crippen LogP contribution is 2.18. The Balaban J connectivity index is 1.78. The summed E-state index contributed by atoms with van der Waals surface area (Å²) in [6, 6.07) is 13.7. The van der Waals surface area contributed by atoms with Crippen molar-refractivity contribution >= 4 is 11.7 Å². The van der Waals surface area contributed by atoms with Crippen LogP contribution >= 0.6 is 0 Å². The zero-order valence-corrected chi connectivity index (χ0v) is 14.0. The van der Waals surface area contributed by atoms with Crippen LogP contribution in [0.15, 0.2) is 42.5 Å². The van der Waals surface area contributed by atoms with Gasteiger partial charge in [-0.3, -0.25) is 0 Å². The molecule has 0 spiro atoms. The molecule has 0 aliphatic rings. The van der Waals surface area contributed by atoms with Crippen molar-refractivity contribution in [2.24, 2.45) is 0 Å². The summed E-state index contributed by atoms with van der Waals surface area (Å²) in [5, 5.41) is 5.69. The van der Waals surface area contributed by atoms with Gasteiger partial charge in [0.15, 0.2) is 0 Å². The number of anilines is 1. The maximum Gasteiger partial charge on any atom is 0.319 e. The number of nitrogens with one attached hydrogen (secondary N) is 2. The topological polar surface area (TPSA) is 50.4 Å². The molecule has 122 valence electrons. The largest absolute Gasteiger partial charge is 0.491 e. The van der Waals surface area contributed by atoms with Crippen LogP contribution in [-0.2, 0) is 6.42 Å². The van der Waals surface area contributed by atoms with Crippen LogP contribution in [0.25, 0.3) is 0 Å². The van der Waals surface area contributed by atoms with Crippen molar-refractivity contribution in [3.05, 3.63) is 59.2 Å². The summed E-state index contributed by atoms with van der Waals surface area (Å²) in [6.45, 7) is 7.00. The van der Waals surface area contributed by atoms with Gasteiger partial charge in [0.2, 0.25) is 0 Å². The number of aryl methyl sites for hydroxylation is 3. The quantitative estimate of drug-likeness (QED) is 0.790. The van der Waals surface area contributed by atoms with E-state index in [9.17, 15) is 4.79 Å². The lowest BCUT2D eigenvalue weighted by Crippen LogP contribution is -2.32. The second-order valence-corrected chi connectivity index (χ2v) is 5.51. The first-order chi connectivity index (χ1) is 11.1. The third-order valence-corrected chi connectivity index (χ3v) is 3.64. The molecular weight excluding hydrogens is 288 g/mol. The monoisotopic (exact) mass is 312 g/mol. The second-order valence-electron chi connectivity index (χ2n) is 5.51. The minimum atomic E-state index is -0.213. The third-order valence-electron chi connectivity index (χ3n) is 3.64. The minimum absolute atomic E-state index is 0.213. The molecule has 0 heterocycles. The third kappa shape index (κ3) is 5.02. The van der Waals surface area contributed by atoms with Gasteiger partial charge in [0.25, 0.3) is 0 Å². The van der Waals surface area contributed by atoms with E-state index in [1.54, 1.807) is 0 Å². The van der Waals surface area contributed by atoms with E-state index < -0.39 is 0 Å². The molecule has 0 aliphatic carbocycles. The van der Waals surface area contributed by atoms with E-state index in [-0.39, 0.29) is 6.03 Å². The Morgan fingerprint density at radius 3 is 2.70 bits per heavy atom. The molecule has 0 radical (unpaired) electrons. The summed E-state index contributed by atoms with van der Waals surface area (Å²) in [5.41, 5.74) is 4.22. The fourth-order valence-corrected chi connectivity index (χ4v) is 2.31. The van der Waals surface area contributed by atoms with Crippen molar-refractivity contribution in [3.8, 4) is 5.75 Å². The maximum atomic E-state index is 11.9. The van der Waals surface area contributed by atoms with Gasteiger partial charge in [0.05, 0.1) is 6.54 Å². The number of urea groups is 1. The minimum Gasteiger partial charge on any atom is -0.491 e. The molecular formula is C19H24N2O2. The van der Waals surface area contributed by atoms with Gasteiger partial charge in [-0.05, 0) is 49.1 Å². The number of rotatable bonds is 6. The van der Waals surface area contributed by atoms with Crippen molar-refractivity contribution in [1.29, 1.82) is 0 Å². The van der Waals surface area contributed by atoms with Crippen LogP contribution in [0.5, 0.6) is 5.75 Å². The Hall–Kier alpha value is -2.49. The molecule has 0 unspecified atom stereocenters. The zero-order chi connectivity index (χ0) is 16.7. The molecule has 4 nitrogen and oxygen atoms in total. The molecule has 23 heavy (non-hydrogen) atoms. The van der Waals surface area contributed by atoms with E-state index in [1.807, 2.05) is 50.2 Å². The summed E-state index contributed by atoms with van der Waals surface area (Å²) in [7, 11) is 0. The molecule has 2 N–H and O–H groups in total. The first kappa shape index (κ1) is 16.9. The SMILES string of the molecule is CCc1ccccc1NC(=O)NCCOc1cc(C)ccc1C. The van der Waals surface area contributed by atoms with E-state index in [2.05, 4.69) is 23.6 Å². The lowest BCUT2D eigenvalue weighted by atomic mass is 10.1. The highest BCUT2D eigenvalue weighted by atomic mass is 16.5. The van der Waals surface area contributed by atoms with Crippen molar-refractivity contribution in [2.75, 3.05) is 18.5 Å². The van der Waals surface area contributed by atoms with Crippen LogP contribution in [0, 0.1) is 13.8 Å². The molecule has 2 aromatic rings. The highest BCUT2D eigenvalue weighted by Gasteiger charge is 2.05. The molecule has 0 aliphatic heterocycles. The average Bonchev–Trinajstić information content (AvgIpc) is 2.55. The van der Waals surface area contributed by atoms with Crippen LogP contribution in [0.2, 0.25) is 0 Å². The predicted octanol–water partition coefficient (Wildman–Crippen LogP) is 4.07. The molecule has 2 rings (SSSR count). The number of benzene rings is 2. The predicted molar refractivity (Wildman–Crippen MR) is 94.3 cm³/mol. The van der Waals surface area contributed by atoms with Gasteiger partial charge in [-0.1, -0.05) is 37.3 Å². The number of carbonyl (C=O) groups is 1. The van der Waals surface area contributed by atoms with Crippen molar-refractivity contribution in [1.82, 2.24) is 5.32 Å². The summed E-state index contributed by atoms with van der Waals surface area (Å²) in [6.07, 6.45) is 0.881. The van der Waals surface area contributed by atoms with Crippen LogP contribution < -0.4 is 15.4 Å². The lowest BCUT2D eigenvalue weighted by molar-refractivity contribution is 0.247. The summed E-state index contributed by atoms with van der Waals surface area (Å²) < 4.78 is 5.72. The summed E-state index contributed by atoms with van der Waals surface area (Å²) in [5.74, 6) is 0.864. The molecule has 0 atom stereocenters. The molecule has 2 amide bonds. The first-order valence-electron chi connectivity index (χ1n) is 7.93. The maximum absolute atomic E-state index is 11.9. The Morgan fingerprint density at radius 1 is 1.13 bits per heavy atom. The zero-order valence-electron chi connectivity index (χ0n) is 14.0. The van der Waals surface area contributed by atoms with E-state index in [4.69, 9.17) is 4.74 Å². The van der Waals surface area contributed by atoms with Crippen LogP contribution in [0.3, 0.4) is 0 Å². The Bertz CT molecular complexity index is 668. The highest BCUT2D eigenvalue weighted by molar-refractivity contribution is 5.90. The van der Waals surface area contributed by atoms with Gasteiger partial charge in [-0.2, -0.15) is 0 Å². The first-order valence-corrected chi connectivity index (χ1v) is 7.93. The molecule has 0 fully saturated rings. The molecule has 4 heteroatoms. The second kappa shape index (κ2) is 8.22. The van der Waals surface area contributed by atoms with E-state index in [1.165, 1.54) is 0 Å². The smallest absolute Gasteiger partial charge is 0.319 e. The molecule has 0 saturated carbocycles. The van der Waals surface area contributed by atoms with Crippen molar-refractivity contribution < 1.29 is 9.53 Å². The van der Waals surface area contributed by atoms with E-state index in [0.29, 0.717) is 13.2 Å².